The number of hydrogen-bond acceptors (Lipinski definition) is 3. The normalized spacial score (nSPS) is 12.3. The van der Waals surface area contributed by atoms with Crippen molar-refractivity contribution in [2.75, 3.05) is 5.75 Å². The van der Waals surface area contributed by atoms with Gasteiger partial charge in [0.05, 0.1) is 0 Å². The number of halogens is 2. The van der Waals surface area contributed by atoms with Crippen molar-refractivity contribution in [3.05, 3.63) is 64.4 Å². The number of nitrogens with two attached hydrogens (primary N) is 1. The monoisotopic (exact) mass is 354 g/mol. The molecule has 0 saturated heterocycles. The predicted octanol–water partition coefficient (Wildman–Crippen LogP) is 3.75. The van der Waals surface area contributed by atoms with Gasteiger partial charge in [0.15, 0.2) is 0 Å². The van der Waals surface area contributed by atoms with Gasteiger partial charge < -0.3 is 0 Å². The van der Waals surface area contributed by atoms with Crippen molar-refractivity contribution in [2.45, 2.75) is 17.4 Å². The van der Waals surface area contributed by atoms with Crippen LogP contribution in [-0.4, -0.2) is 11.8 Å². The number of hydrazine groups is 1. The fourth-order valence-electron chi connectivity index (χ4n) is 1.84. The molecule has 1 atom stereocenters. The Balaban J connectivity index is 1.90. The molecule has 0 spiro atoms. The van der Waals surface area contributed by atoms with Crippen molar-refractivity contribution in [1.82, 2.24) is 5.43 Å². The zero-order valence-corrected chi connectivity index (χ0v) is 13.3. The molecule has 2 nitrogen and oxygen atoms in total. The van der Waals surface area contributed by atoms with E-state index in [0.717, 1.165) is 15.8 Å². The molecule has 3 N–H and O–H groups in total. The lowest BCUT2D eigenvalue weighted by molar-refractivity contribution is 0.570. The molecule has 2 aromatic rings. The zero-order valence-electron chi connectivity index (χ0n) is 10.9. The lowest BCUT2D eigenvalue weighted by atomic mass is 10.1. The minimum absolute atomic E-state index is 0.102. The molecule has 0 fully saturated rings. The summed E-state index contributed by atoms with van der Waals surface area (Å²) in [7, 11) is 0. The molecule has 5 heteroatoms. The Morgan fingerprint density at radius 3 is 2.60 bits per heavy atom. The smallest absolute Gasteiger partial charge is 0.123 e. The largest absolute Gasteiger partial charge is 0.271 e. The molecule has 0 aromatic heterocycles. The molecule has 0 bridgehead atoms. The second kappa shape index (κ2) is 7.78. The van der Waals surface area contributed by atoms with Gasteiger partial charge in [0, 0.05) is 21.2 Å². The predicted molar refractivity (Wildman–Crippen MR) is 86.1 cm³/mol. The van der Waals surface area contributed by atoms with E-state index in [1.807, 2.05) is 18.2 Å². The standard InChI is InChI=1S/C15H16BrFN2S/c16-12-4-6-15(7-5-12)20-10-14(19-18)9-11-2-1-3-13(17)8-11/h1-8,14,19H,9-10,18H2. The molecule has 0 saturated carbocycles. The summed E-state index contributed by atoms with van der Waals surface area (Å²) < 4.78 is 14.2. The molecule has 2 aromatic carbocycles. The zero-order chi connectivity index (χ0) is 14.4. The maximum Gasteiger partial charge on any atom is 0.123 e. The third kappa shape index (κ3) is 4.90. The fraction of sp³-hybridized carbons (Fsp3) is 0.200. The number of rotatable bonds is 6. The molecule has 106 valence electrons. The maximum absolute atomic E-state index is 13.1. The van der Waals surface area contributed by atoms with Crippen molar-refractivity contribution in [3.63, 3.8) is 0 Å². The number of thioether (sulfide) groups is 1. The highest BCUT2D eigenvalue weighted by Crippen LogP contribution is 2.22. The van der Waals surface area contributed by atoms with Crippen LogP contribution in [0.2, 0.25) is 0 Å². The highest BCUT2D eigenvalue weighted by molar-refractivity contribution is 9.10. The Labute approximate surface area is 131 Å². The highest BCUT2D eigenvalue weighted by atomic mass is 79.9. The van der Waals surface area contributed by atoms with Crippen LogP contribution in [0.5, 0.6) is 0 Å². The van der Waals surface area contributed by atoms with Crippen molar-refractivity contribution >= 4 is 27.7 Å². The molecule has 0 amide bonds. The SMILES string of the molecule is NNC(CSc1ccc(Br)cc1)Cc1cccc(F)c1. The Hall–Kier alpha value is -0.880. The first-order valence-electron chi connectivity index (χ1n) is 6.26. The Morgan fingerprint density at radius 2 is 1.95 bits per heavy atom. The number of benzene rings is 2. The van der Waals surface area contributed by atoms with Gasteiger partial charge in [-0.15, -0.1) is 11.8 Å². The molecule has 0 aliphatic heterocycles. The third-order valence-electron chi connectivity index (χ3n) is 2.87. The Kier molecular flexibility index (Phi) is 6.04. The maximum atomic E-state index is 13.1. The molecule has 0 radical (unpaired) electrons. The molecule has 0 aliphatic carbocycles. The van der Waals surface area contributed by atoms with E-state index in [4.69, 9.17) is 5.84 Å². The summed E-state index contributed by atoms with van der Waals surface area (Å²) in [6.07, 6.45) is 0.706. The molecule has 1 unspecified atom stereocenters. The average molecular weight is 355 g/mol. The van der Waals surface area contributed by atoms with Crippen LogP contribution in [0.1, 0.15) is 5.56 Å². The van der Waals surface area contributed by atoms with E-state index in [1.165, 1.54) is 11.0 Å². The molecular formula is C15H16BrFN2S. The lowest BCUT2D eigenvalue weighted by Gasteiger charge is -2.15. The van der Waals surface area contributed by atoms with Crippen molar-refractivity contribution in [1.29, 1.82) is 0 Å². The number of nitrogens with one attached hydrogen (secondary N) is 1. The summed E-state index contributed by atoms with van der Waals surface area (Å²) in [5.74, 6) is 6.20. The summed E-state index contributed by atoms with van der Waals surface area (Å²) in [5.41, 5.74) is 3.75. The van der Waals surface area contributed by atoms with Gasteiger partial charge in [-0.25, -0.2) is 4.39 Å². The summed E-state index contributed by atoms with van der Waals surface area (Å²) in [6, 6.07) is 14.9. The van der Waals surface area contributed by atoms with Crippen LogP contribution in [-0.2, 0) is 6.42 Å². The molecule has 2 rings (SSSR count). The molecule has 0 heterocycles. The van der Waals surface area contributed by atoms with Gasteiger partial charge in [-0.2, -0.15) is 0 Å². The van der Waals surface area contributed by atoms with E-state index in [1.54, 1.807) is 23.9 Å². The van der Waals surface area contributed by atoms with Crippen molar-refractivity contribution in [3.8, 4) is 0 Å². The van der Waals surface area contributed by atoms with E-state index in [-0.39, 0.29) is 11.9 Å². The van der Waals surface area contributed by atoms with Gasteiger partial charge in [-0.3, -0.25) is 11.3 Å². The summed E-state index contributed by atoms with van der Waals surface area (Å²) in [6.45, 7) is 0. The number of hydrogen-bond donors (Lipinski definition) is 2. The first kappa shape index (κ1) is 15.5. The summed E-state index contributed by atoms with van der Waals surface area (Å²) in [4.78, 5) is 1.19. The van der Waals surface area contributed by atoms with Gasteiger partial charge in [-0.1, -0.05) is 28.1 Å². The third-order valence-corrected chi connectivity index (χ3v) is 4.57. The Bertz CT molecular complexity index is 548. The lowest BCUT2D eigenvalue weighted by Crippen LogP contribution is -2.38. The van der Waals surface area contributed by atoms with Gasteiger partial charge in [0.2, 0.25) is 0 Å². The van der Waals surface area contributed by atoms with Crippen LogP contribution < -0.4 is 11.3 Å². The van der Waals surface area contributed by atoms with Crippen LogP contribution in [0.15, 0.2) is 57.9 Å². The van der Waals surface area contributed by atoms with Gasteiger partial charge >= 0.3 is 0 Å². The topological polar surface area (TPSA) is 38.0 Å². The van der Waals surface area contributed by atoms with Crippen molar-refractivity contribution in [2.24, 2.45) is 5.84 Å². The molecule has 20 heavy (non-hydrogen) atoms. The van der Waals surface area contributed by atoms with Crippen LogP contribution in [0.25, 0.3) is 0 Å². The van der Waals surface area contributed by atoms with Crippen LogP contribution in [0.4, 0.5) is 4.39 Å². The van der Waals surface area contributed by atoms with Crippen molar-refractivity contribution < 1.29 is 4.39 Å². The first-order chi connectivity index (χ1) is 9.67. The van der Waals surface area contributed by atoms with Crippen LogP contribution in [0.3, 0.4) is 0 Å². The second-order valence-electron chi connectivity index (χ2n) is 4.46. The first-order valence-corrected chi connectivity index (χ1v) is 8.04. The quantitative estimate of drug-likeness (QED) is 0.471. The summed E-state index contributed by atoms with van der Waals surface area (Å²) in [5, 5.41) is 0. The van der Waals surface area contributed by atoms with E-state index in [2.05, 4.69) is 33.5 Å². The van der Waals surface area contributed by atoms with E-state index < -0.39 is 0 Å². The van der Waals surface area contributed by atoms with Crippen LogP contribution >= 0.6 is 27.7 Å². The minimum atomic E-state index is -0.209. The summed E-state index contributed by atoms with van der Waals surface area (Å²) >= 11 is 5.14. The van der Waals surface area contributed by atoms with E-state index in [0.29, 0.717) is 6.42 Å². The van der Waals surface area contributed by atoms with E-state index >= 15 is 0 Å². The molecule has 0 aliphatic rings. The van der Waals surface area contributed by atoms with Gasteiger partial charge in [0.25, 0.3) is 0 Å². The van der Waals surface area contributed by atoms with Crippen LogP contribution in [0, 0.1) is 5.82 Å². The minimum Gasteiger partial charge on any atom is -0.271 e. The Morgan fingerprint density at radius 1 is 1.20 bits per heavy atom. The van der Waals surface area contributed by atoms with Gasteiger partial charge in [0.1, 0.15) is 5.82 Å². The highest BCUT2D eigenvalue weighted by Gasteiger charge is 2.09. The second-order valence-corrected chi connectivity index (χ2v) is 6.47. The molecular weight excluding hydrogens is 339 g/mol. The van der Waals surface area contributed by atoms with Gasteiger partial charge in [-0.05, 0) is 48.4 Å². The van der Waals surface area contributed by atoms with E-state index in [9.17, 15) is 4.39 Å². The fourth-order valence-corrected chi connectivity index (χ4v) is 3.04. The average Bonchev–Trinajstić information content (AvgIpc) is 2.45.